The summed E-state index contributed by atoms with van der Waals surface area (Å²) in [5.74, 6) is 0.768. The predicted octanol–water partition coefficient (Wildman–Crippen LogP) is 4.47. The fourth-order valence-corrected chi connectivity index (χ4v) is 3.89. The molecule has 5 nitrogen and oxygen atoms in total. The number of ether oxygens (including phenoxy) is 2. The van der Waals surface area contributed by atoms with Crippen LogP contribution in [0.15, 0.2) is 58.4 Å². The number of nitriles is 1. The second-order valence-electron chi connectivity index (χ2n) is 6.97. The van der Waals surface area contributed by atoms with Gasteiger partial charge in [0.25, 0.3) is 0 Å². The van der Waals surface area contributed by atoms with E-state index in [1.165, 1.54) is 0 Å². The molecule has 0 saturated carbocycles. The smallest absolute Gasteiger partial charge is 0.136 e. The van der Waals surface area contributed by atoms with Gasteiger partial charge in [0, 0.05) is 41.8 Å². The molecule has 2 heterocycles. The second-order valence-corrected chi connectivity index (χ2v) is 6.97. The molecule has 5 heteroatoms. The van der Waals surface area contributed by atoms with Crippen LogP contribution < -0.4 is 4.74 Å². The summed E-state index contributed by atoms with van der Waals surface area (Å²) in [6.07, 6.45) is 8.30. The van der Waals surface area contributed by atoms with Crippen molar-refractivity contribution in [2.45, 2.75) is 25.9 Å². The van der Waals surface area contributed by atoms with Crippen molar-refractivity contribution in [1.29, 1.82) is 5.26 Å². The number of allylic oxidation sites excluding steroid dienone is 4. The van der Waals surface area contributed by atoms with Gasteiger partial charge in [-0.15, -0.1) is 0 Å². The van der Waals surface area contributed by atoms with Gasteiger partial charge in [0.15, 0.2) is 0 Å². The number of hydrogen-bond donors (Lipinski definition) is 1. The van der Waals surface area contributed by atoms with Gasteiger partial charge in [-0.1, -0.05) is 0 Å². The monoisotopic (exact) mass is 359 g/mol. The Bertz CT molecular complexity index is 1110. The van der Waals surface area contributed by atoms with E-state index >= 15 is 0 Å². The van der Waals surface area contributed by atoms with Crippen molar-refractivity contribution in [2.24, 2.45) is 4.99 Å². The number of rotatable bonds is 4. The zero-order chi connectivity index (χ0) is 19.2. The first-order valence-electron chi connectivity index (χ1n) is 8.83. The van der Waals surface area contributed by atoms with Crippen molar-refractivity contribution >= 4 is 16.6 Å². The van der Waals surface area contributed by atoms with E-state index in [0.717, 1.165) is 50.3 Å². The maximum absolute atomic E-state index is 9.19. The predicted molar refractivity (Wildman–Crippen MR) is 106 cm³/mol. The lowest BCUT2D eigenvalue weighted by Crippen LogP contribution is -2.33. The fourth-order valence-electron chi connectivity index (χ4n) is 3.89. The minimum absolute atomic E-state index is 0.597. The number of benzene rings is 1. The van der Waals surface area contributed by atoms with E-state index in [-0.39, 0.29) is 0 Å². The average molecular weight is 359 g/mol. The summed E-state index contributed by atoms with van der Waals surface area (Å²) in [5, 5.41) is 10.2. The molecule has 4 rings (SSSR count). The Kier molecular flexibility index (Phi) is 4.01. The van der Waals surface area contributed by atoms with Crippen molar-refractivity contribution < 1.29 is 9.47 Å². The molecule has 0 spiro atoms. The molecule has 2 aromatic rings. The molecule has 0 saturated heterocycles. The number of aryl methyl sites for hydroxylation is 1. The third kappa shape index (κ3) is 2.53. The highest BCUT2D eigenvalue weighted by Crippen LogP contribution is 2.43. The number of aliphatic imine (C=N–C) groups is 1. The fraction of sp³-hybridized carbons (Fsp3) is 0.273. The lowest BCUT2D eigenvalue weighted by molar-refractivity contribution is 0.0644. The summed E-state index contributed by atoms with van der Waals surface area (Å²) in [6.45, 7) is 4.07. The Morgan fingerprint density at radius 1 is 1.30 bits per heavy atom. The zero-order valence-electron chi connectivity index (χ0n) is 15.9. The van der Waals surface area contributed by atoms with Crippen molar-refractivity contribution in [3.8, 4) is 11.8 Å². The van der Waals surface area contributed by atoms with Gasteiger partial charge in [-0.05, 0) is 55.3 Å². The van der Waals surface area contributed by atoms with Gasteiger partial charge >= 0.3 is 0 Å². The highest BCUT2D eigenvalue weighted by molar-refractivity contribution is 6.09. The molecular weight excluding hydrogens is 338 g/mol. The summed E-state index contributed by atoms with van der Waals surface area (Å²) in [7, 11) is 3.36. The van der Waals surface area contributed by atoms with Crippen LogP contribution in [0.4, 0.5) is 0 Å². The number of hydrogen-bond acceptors (Lipinski definition) is 4. The highest BCUT2D eigenvalue weighted by Gasteiger charge is 2.39. The van der Waals surface area contributed by atoms with E-state index in [2.05, 4.69) is 18.0 Å². The molecule has 2 aliphatic rings. The molecule has 0 radical (unpaired) electrons. The van der Waals surface area contributed by atoms with Crippen LogP contribution in [0.25, 0.3) is 10.9 Å². The van der Waals surface area contributed by atoms with E-state index in [1.807, 2.05) is 43.5 Å². The van der Waals surface area contributed by atoms with Crippen LogP contribution in [-0.2, 0) is 10.3 Å². The van der Waals surface area contributed by atoms with Gasteiger partial charge in [0.1, 0.15) is 11.4 Å². The van der Waals surface area contributed by atoms with Crippen molar-refractivity contribution in [2.75, 3.05) is 14.2 Å². The number of nitrogens with one attached hydrogen (secondary N) is 1. The molecule has 0 amide bonds. The molecule has 1 aliphatic carbocycles. The molecular formula is C22H21N3O2. The molecule has 1 atom stereocenters. The van der Waals surface area contributed by atoms with E-state index in [9.17, 15) is 5.26 Å². The van der Waals surface area contributed by atoms with Crippen LogP contribution in [0.5, 0.6) is 5.75 Å². The van der Waals surface area contributed by atoms with Crippen LogP contribution in [-0.4, -0.2) is 24.9 Å². The molecule has 1 unspecified atom stereocenters. The summed E-state index contributed by atoms with van der Waals surface area (Å²) < 4.78 is 11.8. The lowest BCUT2D eigenvalue weighted by atomic mass is 9.85. The number of methoxy groups -OCH3 is 2. The Hall–Kier alpha value is -3.10. The number of H-pyrrole nitrogens is 1. The Labute approximate surface area is 158 Å². The summed E-state index contributed by atoms with van der Waals surface area (Å²) in [4.78, 5) is 8.14. The topological polar surface area (TPSA) is 70.4 Å². The number of nitrogens with zero attached hydrogens (tertiary/aromatic N) is 2. The highest BCUT2D eigenvalue weighted by atomic mass is 16.5. The van der Waals surface area contributed by atoms with Crippen molar-refractivity contribution in [1.82, 2.24) is 4.98 Å². The van der Waals surface area contributed by atoms with Crippen LogP contribution in [0.2, 0.25) is 0 Å². The van der Waals surface area contributed by atoms with Gasteiger partial charge in [-0.3, -0.25) is 0 Å². The third-order valence-electron chi connectivity index (χ3n) is 5.45. The molecule has 1 aromatic carbocycles. The first kappa shape index (κ1) is 17.3. The largest absolute Gasteiger partial charge is 0.496 e. The van der Waals surface area contributed by atoms with Gasteiger partial charge in [0.2, 0.25) is 0 Å². The van der Waals surface area contributed by atoms with Crippen LogP contribution in [0.1, 0.15) is 24.5 Å². The normalized spacial score (nSPS) is 18.0. The maximum Gasteiger partial charge on any atom is 0.136 e. The number of fused-ring (bicyclic) bond motifs is 2. The molecule has 0 fully saturated rings. The second kappa shape index (κ2) is 6.26. The van der Waals surface area contributed by atoms with Crippen LogP contribution >= 0.6 is 0 Å². The molecule has 27 heavy (non-hydrogen) atoms. The Balaban J connectivity index is 1.90. The molecule has 136 valence electrons. The standard InChI is InChI=1S/C22H21N3O2/c1-13-9-18(26-3)20(16-7-8-24-21(13)16)22(2,27-4)19-11-15-10-14(12-23)5-6-17(15)25-19/h5-9,11,24H,10H2,1-4H3. The summed E-state index contributed by atoms with van der Waals surface area (Å²) in [5.41, 5.74) is 5.80. The molecule has 1 aromatic heterocycles. The first-order chi connectivity index (χ1) is 13.0. The number of aromatic nitrogens is 1. The first-order valence-corrected chi connectivity index (χ1v) is 8.83. The summed E-state index contributed by atoms with van der Waals surface area (Å²) in [6, 6.07) is 6.30. The van der Waals surface area contributed by atoms with Crippen LogP contribution in [0, 0.1) is 18.3 Å². The maximum atomic E-state index is 9.19. The van der Waals surface area contributed by atoms with Gasteiger partial charge < -0.3 is 14.5 Å². The Morgan fingerprint density at radius 2 is 2.11 bits per heavy atom. The number of aromatic amines is 1. The summed E-state index contributed by atoms with van der Waals surface area (Å²) >= 11 is 0. The lowest BCUT2D eigenvalue weighted by Gasteiger charge is -2.30. The Morgan fingerprint density at radius 3 is 2.81 bits per heavy atom. The van der Waals surface area contributed by atoms with E-state index in [4.69, 9.17) is 14.5 Å². The minimum Gasteiger partial charge on any atom is -0.496 e. The average Bonchev–Trinajstić information content (AvgIpc) is 3.33. The SMILES string of the molecule is COc1cc(C)c2[nH]ccc2c1C(C)(OC)C1=NC2=CC=C(C#N)CC2=C1. The molecule has 1 aliphatic heterocycles. The zero-order valence-corrected chi connectivity index (χ0v) is 15.9. The van der Waals surface area contributed by atoms with Gasteiger partial charge in [-0.2, -0.15) is 5.26 Å². The van der Waals surface area contributed by atoms with Gasteiger partial charge in [0.05, 0.1) is 24.6 Å². The minimum atomic E-state index is -0.794. The van der Waals surface area contributed by atoms with E-state index in [1.54, 1.807) is 14.2 Å². The quantitative estimate of drug-likeness (QED) is 0.876. The van der Waals surface area contributed by atoms with Crippen molar-refractivity contribution in [3.05, 3.63) is 64.5 Å². The van der Waals surface area contributed by atoms with Crippen LogP contribution in [0.3, 0.4) is 0 Å². The third-order valence-corrected chi connectivity index (χ3v) is 5.45. The van der Waals surface area contributed by atoms with E-state index in [0.29, 0.717) is 6.42 Å². The molecule has 0 bridgehead atoms. The van der Waals surface area contributed by atoms with Gasteiger partial charge in [-0.25, -0.2) is 4.99 Å². The van der Waals surface area contributed by atoms with Crippen molar-refractivity contribution in [3.63, 3.8) is 0 Å². The van der Waals surface area contributed by atoms with E-state index < -0.39 is 5.60 Å². The molecule has 1 N–H and O–H groups in total.